The average molecular weight is 333 g/mol. The standard InChI is InChI=1S/C14H15N5OS2/c1-2-19-8-16-18-14(19)21-7-12(20)17-13-10(6-15)9-4-3-5-11(9)22-13/h8H,2-5,7H2,1H3,(H,17,20). The summed E-state index contributed by atoms with van der Waals surface area (Å²) in [7, 11) is 0. The number of thiophene rings is 1. The lowest BCUT2D eigenvalue weighted by Crippen LogP contribution is -2.14. The molecule has 3 rings (SSSR count). The average Bonchev–Trinajstić information content (AvgIpc) is 3.19. The minimum Gasteiger partial charge on any atom is -0.316 e. The molecule has 0 aromatic carbocycles. The van der Waals surface area contributed by atoms with E-state index < -0.39 is 0 Å². The number of nitrogens with zero attached hydrogens (tertiary/aromatic N) is 4. The van der Waals surface area contributed by atoms with Crippen molar-refractivity contribution in [3.05, 3.63) is 22.3 Å². The van der Waals surface area contributed by atoms with E-state index in [1.807, 2.05) is 11.5 Å². The lowest BCUT2D eigenvalue weighted by Gasteiger charge is -2.04. The molecule has 0 fully saturated rings. The van der Waals surface area contributed by atoms with E-state index in [4.69, 9.17) is 0 Å². The van der Waals surface area contributed by atoms with Crippen molar-refractivity contribution >= 4 is 34.0 Å². The summed E-state index contributed by atoms with van der Waals surface area (Å²) in [6.45, 7) is 2.77. The Bertz CT molecular complexity index is 743. The molecule has 0 radical (unpaired) electrons. The molecular formula is C14H15N5OS2. The third-order valence-corrected chi connectivity index (χ3v) is 5.73. The van der Waals surface area contributed by atoms with Crippen molar-refractivity contribution in [2.75, 3.05) is 11.1 Å². The molecule has 1 aliphatic rings. The Balaban J connectivity index is 1.64. The number of nitriles is 1. The first-order chi connectivity index (χ1) is 10.7. The molecule has 1 aliphatic carbocycles. The van der Waals surface area contributed by atoms with E-state index in [2.05, 4.69) is 21.6 Å². The molecule has 2 aromatic rings. The van der Waals surface area contributed by atoms with Gasteiger partial charge in [-0.2, -0.15) is 5.26 Å². The van der Waals surface area contributed by atoms with E-state index in [1.54, 1.807) is 6.33 Å². The zero-order valence-electron chi connectivity index (χ0n) is 12.1. The first-order valence-electron chi connectivity index (χ1n) is 7.08. The van der Waals surface area contributed by atoms with Gasteiger partial charge >= 0.3 is 0 Å². The number of hydrogen-bond acceptors (Lipinski definition) is 6. The normalized spacial score (nSPS) is 12.9. The van der Waals surface area contributed by atoms with Crippen LogP contribution in [0.15, 0.2) is 11.5 Å². The number of rotatable bonds is 5. The summed E-state index contributed by atoms with van der Waals surface area (Å²) in [5.74, 6) is 0.138. The van der Waals surface area contributed by atoms with Crippen LogP contribution in [0.2, 0.25) is 0 Å². The van der Waals surface area contributed by atoms with Gasteiger partial charge in [0.25, 0.3) is 0 Å². The summed E-state index contributed by atoms with van der Waals surface area (Å²) < 4.78 is 1.89. The van der Waals surface area contributed by atoms with Gasteiger partial charge in [0.15, 0.2) is 5.16 Å². The summed E-state index contributed by atoms with van der Waals surface area (Å²) in [5.41, 5.74) is 1.77. The largest absolute Gasteiger partial charge is 0.316 e. The van der Waals surface area contributed by atoms with Crippen molar-refractivity contribution < 1.29 is 4.79 Å². The van der Waals surface area contributed by atoms with Crippen molar-refractivity contribution in [1.82, 2.24) is 14.8 Å². The number of anilines is 1. The molecule has 0 bridgehead atoms. The summed E-state index contributed by atoms with van der Waals surface area (Å²) in [5, 5.41) is 21.4. The smallest absolute Gasteiger partial charge is 0.235 e. The van der Waals surface area contributed by atoms with Crippen LogP contribution >= 0.6 is 23.1 Å². The van der Waals surface area contributed by atoms with Crippen LogP contribution in [0.4, 0.5) is 5.00 Å². The number of aryl methyl sites for hydroxylation is 2. The molecule has 0 unspecified atom stereocenters. The first kappa shape index (κ1) is 15.1. The van der Waals surface area contributed by atoms with Crippen molar-refractivity contribution in [3.8, 4) is 6.07 Å². The third kappa shape index (κ3) is 2.87. The maximum Gasteiger partial charge on any atom is 0.235 e. The third-order valence-electron chi connectivity index (χ3n) is 3.54. The van der Waals surface area contributed by atoms with Crippen molar-refractivity contribution in [1.29, 1.82) is 5.26 Å². The molecule has 2 aromatic heterocycles. The Hall–Kier alpha value is -1.85. The van der Waals surface area contributed by atoms with E-state index in [0.29, 0.717) is 10.6 Å². The summed E-state index contributed by atoms with van der Waals surface area (Å²) >= 11 is 2.88. The van der Waals surface area contributed by atoms with Gasteiger partial charge in [-0.1, -0.05) is 11.8 Å². The second-order valence-electron chi connectivity index (χ2n) is 4.91. The van der Waals surface area contributed by atoms with Gasteiger partial charge in [0.1, 0.15) is 17.4 Å². The van der Waals surface area contributed by atoms with Crippen LogP contribution < -0.4 is 5.32 Å². The lowest BCUT2D eigenvalue weighted by atomic mass is 10.1. The van der Waals surface area contributed by atoms with Gasteiger partial charge < -0.3 is 9.88 Å². The Labute approximate surface area is 136 Å². The molecule has 0 saturated carbocycles. The molecule has 22 heavy (non-hydrogen) atoms. The number of amides is 1. The molecule has 2 heterocycles. The Morgan fingerprint density at radius 3 is 3.23 bits per heavy atom. The maximum atomic E-state index is 12.1. The molecule has 6 nitrogen and oxygen atoms in total. The summed E-state index contributed by atoms with van der Waals surface area (Å²) in [4.78, 5) is 13.4. The fraction of sp³-hybridized carbons (Fsp3) is 0.429. The molecule has 0 saturated heterocycles. The van der Waals surface area contributed by atoms with E-state index in [9.17, 15) is 10.1 Å². The van der Waals surface area contributed by atoms with Gasteiger partial charge in [-0.25, -0.2) is 0 Å². The van der Waals surface area contributed by atoms with E-state index >= 15 is 0 Å². The van der Waals surface area contributed by atoms with Crippen molar-refractivity contribution in [2.45, 2.75) is 37.9 Å². The summed E-state index contributed by atoms with van der Waals surface area (Å²) in [6, 6.07) is 2.23. The highest BCUT2D eigenvalue weighted by atomic mass is 32.2. The number of fused-ring (bicyclic) bond motifs is 1. The SMILES string of the molecule is CCn1cnnc1SCC(=O)Nc1sc2c(c1C#N)CCC2. The molecule has 1 N–H and O–H groups in total. The van der Waals surface area contributed by atoms with Gasteiger partial charge in [0.2, 0.25) is 5.91 Å². The predicted molar refractivity (Wildman–Crippen MR) is 86.1 cm³/mol. The molecule has 0 aliphatic heterocycles. The fourth-order valence-electron chi connectivity index (χ4n) is 2.48. The topological polar surface area (TPSA) is 83.6 Å². The second-order valence-corrected chi connectivity index (χ2v) is 6.96. The maximum absolute atomic E-state index is 12.1. The van der Waals surface area contributed by atoms with Crippen molar-refractivity contribution in [3.63, 3.8) is 0 Å². The second kappa shape index (κ2) is 6.50. The number of thioether (sulfide) groups is 1. The number of nitrogens with one attached hydrogen (secondary N) is 1. The van der Waals surface area contributed by atoms with Gasteiger partial charge in [-0.15, -0.1) is 21.5 Å². The highest BCUT2D eigenvalue weighted by Crippen LogP contribution is 2.38. The van der Waals surface area contributed by atoms with Crippen LogP contribution in [-0.4, -0.2) is 26.4 Å². The molecule has 0 atom stereocenters. The van der Waals surface area contributed by atoms with E-state index in [1.165, 1.54) is 28.0 Å². The first-order valence-corrected chi connectivity index (χ1v) is 8.88. The van der Waals surface area contributed by atoms with Crippen LogP contribution in [0, 0.1) is 11.3 Å². The minimum atomic E-state index is -0.118. The molecule has 1 amide bonds. The van der Waals surface area contributed by atoms with Gasteiger partial charge in [-0.05, 0) is 31.7 Å². The predicted octanol–water partition coefficient (Wildman–Crippen LogP) is 2.45. The number of carbonyl (C=O) groups is 1. The molecule has 0 spiro atoms. The van der Waals surface area contributed by atoms with E-state index in [-0.39, 0.29) is 11.7 Å². The highest BCUT2D eigenvalue weighted by molar-refractivity contribution is 7.99. The molecular weight excluding hydrogens is 318 g/mol. The van der Waals surface area contributed by atoms with Crippen LogP contribution in [0.25, 0.3) is 0 Å². The monoisotopic (exact) mass is 333 g/mol. The zero-order chi connectivity index (χ0) is 15.5. The summed E-state index contributed by atoms with van der Waals surface area (Å²) in [6.07, 6.45) is 4.71. The number of carbonyl (C=O) groups excluding carboxylic acids is 1. The Morgan fingerprint density at radius 2 is 2.45 bits per heavy atom. The van der Waals surface area contributed by atoms with Crippen LogP contribution in [0.1, 0.15) is 29.3 Å². The Kier molecular flexibility index (Phi) is 4.45. The molecule has 114 valence electrons. The van der Waals surface area contributed by atoms with E-state index in [0.717, 1.165) is 36.5 Å². The van der Waals surface area contributed by atoms with Gasteiger partial charge in [-0.3, -0.25) is 4.79 Å². The number of aromatic nitrogens is 3. The van der Waals surface area contributed by atoms with Crippen LogP contribution in [-0.2, 0) is 24.2 Å². The quantitative estimate of drug-likeness (QED) is 0.850. The minimum absolute atomic E-state index is 0.118. The van der Waals surface area contributed by atoms with Crippen LogP contribution in [0.3, 0.4) is 0 Å². The fourth-order valence-corrected chi connectivity index (χ4v) is 4.51. The molecule has 8 heteroatoms. The lowest BCUT2D eigenvalue weighted by molar-refractivity contribution is -0.113. The van der Waals surface area contributed by atoms with Crippen molar-refractivity contribution in [2.24, 2.45) is 0 Å². The highest BCUT2D eigenvalue weighted by Gasteiger charge is 2.23. The Morgan fingerprint density at radius 1 is 1.59 bits per heavy atom. The number of hydrogen-bond donors (Lipinski definition) is 1. The van der Waals surface area contributed by atoms with Crippen LogP contribution in [0.5, 0.6) is 0 Å². The zero-order valence-corrected chi connectivity index (χ0v) is 13.8. The van der Waals surface area contributed by atoms with Gasteiger partial charge in [0, 0.05) is 11.4 Å². The van der Waals surface area contributed by atoms with Gasteiger partial charge in [0.05, 0.1) is 11.3 Å².